The second-order valence-electron chi connectivity index (χ2n) is 11.5. The van der Waals surface area contributed by atoms with Gasteiger partial charge in [0, 0.05) is 58.8 Å². The van der Waals surface area contributed by atoms with Crippen molar-refractivity contribution in [2.75, 3.05) is 59.4 Å². The summed E-state index contributed by atoms with van der Waals surface area (Å²) in [5.74, 6) is -1.43. The number of hydrogen-bond donors (Lipinski definition) is 2. The molecule has 1 aromatic rings. The van der Waals surface area contributed by atoms with Crippen LogP contribution in [-0.4, -0.2) is 122 Å². The largest absolute Gasteiger partial charge is 0.480 e. The minimum atomic E-state index is -3.90. The van der Waals surface area contributed by atoms with E-state index in [0.29, 0.717) is 31.8 Å². The summed E-state index contributed by atoms with van der Waals surface area (Å²) in [5.41, 5.74) is 0.920. The van der Waals surface area contributed by atoms with E-state index < -0.39 is 34.0 Å². The van der Waals surface area contributed by atoms with Crippen molar-refractivity contribution < 1.29 is 27.9 Å². The normalized spacial score (nSPS) is 22.8. The molecule has 11 nitrogen and oxygen atoms in total. The standard InChI is InChI=1S/C28H43N5O6S/c1-21-5-7-23(8-6-21)40(38,39)33-13-3-4-25(33)27(35)29-24(28(36)37)9-10-26(34)32-14-11-22(12-15-32)20-31-18-16-30(2)17-19-31/h5-8,22,24-25H,3-4,9-20H2,1-2H3,(H,29,35)(H,36,37)/t24-,25+/m0/s1. The molecule has 3 aliphatic heterocycles. The molecule has 40 heavy (non-hydrogen) atoms. The van der Waals surface area contributed by atoms with Crippen molar-refractivity contribution in [3.8, 4) is 0 Å². The van der Waals surface area contributed by atoms with Gasteiger partial charge in [0.15, 0.2) is 0 Å². The molecule has 0 unspecified atom stereocenters. The van der Waals surface area contributed by atoms with Crippen molar-refractivity contribution in [3.05, 3.63) is 29.8 Å². The number of piperidine rings is 1. The summed E-state index contributed by atoms with van der Waals surface area (Å²) in [4.78, 5) is 44.6. The minimum absolute atomic E-state index is 0.0103. The Morgan fingerprint density at radius 2 is 1.62 bits per heavy atom. The van der Waals surface area contributed by atoms with Crippen molar-refractivity contribution in [1.29, 1.82) is 0 Å². The summed E-state index contributed by atoms with van der Waals surface area (Å²) in [6.07, 6.45) is 2.65. The van der Waals surface area contributed by atoms with Gasteiger partial charge in [0.05, 0.1) is 4.90 Å². The number of amides is 2. The number of carboxylic acid groups (broad SMARTS) is 1. The number of piperazine rings is 1. The Bertz CT molecular complexity index is 1140. The number of aryl methyl sites for hydroxylation is 1. The van der Waals surface area contributed by atoms with Gasteiger partial charge in [-0.25, -0.2) is 13.2 Å². The first-order valence-corrected chi connectivity index (χ1v) is 15.8. The Morgan fingerprint density at radius 1 is 0.975 bits per heavy atom. The van der Waals surface area contributed by atoms with Crippen LogP contribution < -0.4 is 5.32 Å². The molecule has 3 saturated heterocycles. The first-order valence-electron chi connectivity index (χ1n) is 14.3. The fraction of sp³-hybridized carbons (Fsp3) is 0.679. The van der Waals surface area contributed by atoms with Crippen LogP contribution in [0, 0.1) is 12.8 Å². The predicted octanol–water partition coefficient (Wildman–Crippen LogP) is 0.984. The lowest BCUT2D eigenvalue weighted by Gasteiger charge is -2.38. The lowest BCUT2D eigenvalue weighted by atomic mass is 9.95. The number of carbonyl (C=O) groups excluding carboxylic acids is 2. The number of nitrogens with one attached hydrogen (secondary N) is 1. The Balaban J connectivity index is 1.26. The second-order valence-corrected chi connectivity index (χ2v) is 13.3. The first-order chi connectivity index (χ1) is 19.0. The number of rotatable bonds is 10. The number of carboxylic acids is 1. The highest BCUT2D eigenvalue weighted by atomic mass is 32.2. The molecule has 0 aromatic heterocycles. The third kappa shape index (κ3) is 7.59. The zero-order valence-corrected chi connectivity index (χ0v) is 24.4. The molecule has 0 bridgehead atoms. The molecule has 3 fully saturated rings. The molecular formula is C28H43N5O6S. The Kier molecular flexibility index (Phi) is 10.2. The quantitative estimate of drug-likeness (QED) is 0.421. The number of likely N-dealkylation sites (N-methyl/N-ethyl adjacent to an activating group) is 1. The molecule has 1 aromatic carbocycles. The monoisotopic (exact) mass is 577 g/mol. The van der Waals surface area contributed by atoms with Crippen LogP contribution in [0.4, 0.5) is 0 Å². The third-order valence-electron chi connectivity index (χ3n) is 8.47. The maximum atomic E-state index is 13.2. The lowest BCUT2D eigenvalue weighted by molar-refractivity contribution is -0.143. The van der Waals surface area contributed by atoms with Gasteiger partial charge in [-0.05, 0) is 64.1 Å². The van der Waals surface area contributed by atoms with E-state index in [4.69, 9.17) is 0 Å². The van der Waals surface area contributed by atoms with Crippen LogP contribution in [0.15, 0.2) is 29.2 Å². The molecular weight excluding hydrogens is 534 g/mol. The van der Waals surface area contributed by atoms with Crippen LogP contribution in [0.3, 0.4) is 0 Å². The average Bonchev–Trinajstić information content (AvgIpc) is 3.44. The van der Waals surface area contributed by atoms with E-state index in [-0.39, 0.29) is 30.2 Å². The topological polar surface area (TPSA) is 131 Å². The molecule has 0 saturated carbocycles. The van der Waals surface area contributed by atoms with Crippen LogP contribution in [0.2, 0.25) is 0 Å². The second kappa shape index (κ2) is 13.4. The van der Waals surface area contributed by atoms with E-state index in [0.717, 1.165) is 55.4 Å². The molecule has 3 heterocycles. The van der Waals surface area contributed by atoms with Gasteiger partial charge < -0.3 is 25.1 Å². The molecule has 12 heteroatoms. The zero-order chi connectivity index (χ0) is 28.9. The summed E-state index contributed by atoms with van der Waals surface area (Å²) < 4.78 is 27.5. The number of sulfonamides is 1. The minimum Gasteiger partial charge on any atom is -0.480 e. The Hall–Kier alpha value is -2.54. The Labute approximate surface area is 237 Å². The van der Waals surface area contributed by atoms with Gasteiger partial charge in [-0.2, -0.15) is 4.31 Å². The van der Waals surface area contributed by atoms with Gasteiger partial charge in [0.25, 0.3) is 0 Å². The number of carbonyl (C=O) groups is 3. The molecule has 2 N–H and O–H groups in total. The molecule has 222 valence electrons. The molecule has 4 rings (SSSR count). The van der Waals surface area contributed by atoms with Crippen molar-refractivity contribution >= 4 is 27.8 Å². The SMILES string of the molecule is Cc1ccc(S(=O)(=O)N2CCC[C@@H]2C(=O)N[C@@H](CCC(=O)N2CCC(CN3CCN(C)CC3)CC2)C(=O)O)cc1. The lowest BCUT2D eigenvalue weighted by Crippen LogP contribution is -2.51. The van der Waals surface area contributed by atoms with Crippen LogP contribution in [-0.2, 0) is 24.4 Å². The van der Waals surface area contributed by atoms with Gasteiger partial charge in [0.1, 0.15) is 12.1 Å². The first kappa shape index (κ1) is 30.4. The summed E-state index contributed by atoms with van der Waals surface area (Å²) >= 11 is 0. The van der Waals surface area contributed by atoms with Gasteiger partial charge in [-0.1, -0.05) is 17.7 Å². The summed E-state index contributed by atoms with van der Waals surface area (Å²) in [5, 5.41) is 12.3. The Morgan fingerprint density at radius 3 is 2.25 bits per heavy atom. The molecule has 2 atom stereocenters. The van der Waals surface area contributed by atoms with Crippen molar-refractivity contribution in [2.45, 2.75) is 62.4 Å². The van der Waals surface area contributed by atoms with Gasteiger partial charge in [0.2, 0.25) is 21.8 Å². The van der Waals surface area contributed by atoms with E-state index in [1.807, 2.05) is 6.92 Å². The maximum absolute atomic E-state index is 13.2. The molecule has 3 aliphatic rings. The molecule has 0 spiro atoms. The van der Waals surface area contributed by atoms with E-state index in [1.54, 1.807) is 17.0 Å². The van der Waals surface area contributed by atoms with Crippen LogP contribution in [0.1, 0.15) is 44.1 Å². The number of likely N-dealkylation sites (tertiary alicyclic amines) is 1. The van der Waals surface area contributed by atoms with Crippen molar-refractivity contribution in [2.24, 2.45) is 5.92 Å². The smallest absolute Gasteiger partial charge is 0.326 e. The van der Waals surface area contributed by atoms with Crippen LogP contribution >= 0.6 is 0 Å². The highest BCUT2D eigenvalue weighted by Crippen LogP contribution is 2.27. The van der Waals surface area contributed by atoms with Crippen LogP contribution in [0.5, 0.6) is 0 Å². The predicted molar refractivity (Wildman–Crippen MR) is 150 cm³/mol. The summed E-state index contributed by atoms with van der Waals surface area (Å²) in [6.45, 7) is 8.75. The van der Waals surface area contributed by atoms with E-state index in [2.05, 4.69) is 22.2 Å². The highest BCUT2D eigenvalue weighted by Gasteiger charge is 2.40. The highest BCUT2D eigenvalue weighted by molar-refractivity contribution is 7.89. The number of hydrogen-bond acceptors (Lipinski definition) is 7. The molecule has 2 amide bonds. The van der Waals surface area contributed by atoms with E-state index >= 15 is 0 Å². The average molecular weight is 578 g/mol. The fourth-order valence-corrected chi connectivity index (χ4v) is 7.50. The number of aliphatic carboxylic acids is 1. The van der Waals surface area contributed by atoms with Crippen molar-refractivity contribution in [1.82, 2.24) is 24.3 Å². The zero-order valence-electron chi connectivity index (χ0n) is 23.6. The fourth-order valence-electron chi connectivity index (χ4n) is 5.85. The third-order valence-corrected chi connectivity index (χ3v) is 10.4. The maximum Gasteiger partial charge on any atom is 0.326 e. The summed E-state index contributed by atoms with van der Waals surface area (Å²) in [7, 11) is -1.76. The summed E-state index contributed by atoms with van der Waals surface area (Å²) in [6, 6.07) is 4.17. The van der Waals surface area contributed by atoms with E-state index in [9.17, 15) is 27.9 Å². The molecule has 0 aliphatic carbocycles. The van der Waals surface area contributed by atoms with Gasteiger partial charge in [-0.15, -0.1) is 0 Å². The van der Waals surface area contributed by atoms with Crippen LogP contribution in [0.25, 0.3) is 0 Å². The number of nitrogens with zero attached hydrogens (tertiary/aromatic N) is 4. The van der Waals surface area contributed by atoms with Gasteiger partial charge >= 0.3 is 5.97 Å². The number of benzene rings is 1. The van der Waals surface area contributed by atoms with Crippen molar-refractivity contribution in [3.63, 3.8) is 0 Å². The van der Waals surface area contributed by atoms with Gasteiger partial charge in [-0.3, -0.25) is 9.59 Å². The van der Waals surface area contributed by atoms with E-state index in [1.165, 1.54) is 12.1 Å². The molecule has 0 radical (unpaired) electrons.